The number of hydrogen-bond acceptors (Lipinski definition) is 3. The molecule has 0 radical (unpaired) electrons. The molecule has 2 heterocycles. The van der Waals surface area contributed by atoms with Crippen LogP contribution < -0.4 is 10.3 Å². The quantitative estimate of drug-likeness (QED) is 0.603. The number of nitrogens with zero attached hydrogens (tertiary/aromatic N) is 3. The predicted molar refractivity (Wildman–Crippen MR) is 113 cm³/mol. The van der Waals surface area contributed by atoms with Crippen molar-refractivity contribution >= 4 is 16.6 Å². The molecule has 0 aliphatic heterocycles. The van der Waals surface area contributed by atoms with Crippen molar-refractivity contribution in [3.05, 3.63) is 52.5 Å². The number of fused-ring (bicyclic) bond motifs is 1. The molecule has 2 aromatic rings. The number of hydrogen-bond donors (Lipinski definition) is 0. The van der Waals surface area contributed by atoms with Crippen LogP contribution in [0.5, 0.6) is 5.88 Å². The van der Waals surface area contributed by atoms with Gasteiger partial charge in [-0.1, -0.05) is 32.1 Å². The molecule has 27 heavy (non-hydrogen) atoms. The molecule has 0 bridgehead atoms. The van der Waals surface area contributed by atoms with Crippen molar-refractivity contribution in [2.24, 2.45) is 0 Å². The van der Waals surface area contributed by atoms with E-state index < -0.39 is 0 Å². The van der Waals surface area contributed by atoms with E-state index >= 15 is 0 Å². The van der Waals surface area contributed by atoms with Crippen molar-refractivity contribution in [1.82, 2.24) is 14.3 Å². The molecule has 5 heteroatoms. The molecule has 0 aromatic carbocycles. The first-order valence-electron chi connectivity index (χ1n) is 9.77. The highest BCUT2D eigenvalue weighted by atomic mass is 16.5. The van der Waals surface area contributed by atoms with Crippen LogP contribution in [0.3, 0.4) is 0 Å². The average Bonchev–Trinajstić information content (AvgIpc) is 3.13. The number of aromatic nitrogens is 3. The van der Waals surface area contributed by atoms with Crippen molar-refractivity contribution in [2.45, 2.75) is 67.0 Å². The van der Waals surface area contributed by atoms with Gasteiger partial charge in [-0.2, -0.15) is 0 Å². The molecule has 0 saturated carbocycles. The second-order valence-electron chi connectivity index (χ2n) is 6.48. The van der Waals surface area contributed by atoms with Crippen molar-refractivity contribution < 1.29 is 4.74 Å². The van der Waals surface area contributed by atoms with E-state index in [0.29, 0.717) is 17.9 Å². The zero-order valence-electron chi connectivity index (χ0n) is 17.3. The van der Waals surface area contributed by atoms with Gasteiger partial charge in [0.05, 0.1) is 5.39 Å². The molecule has 2 rings (SSSR count). The average molecular weight is 370 g/mol. The Labute approximate surface area is 161 Å². The zero-order valence-corrected chi connectivity index (χ0v) is 17.3. The molecule has 2 aromatic heterocycles. The molecule has 5 nitrogen and oxygen atoms in total. The van der Waals surface area contributed by atoms with Gasteiger partial charge >= 0.3 is 0 Å². The number of aryl methyl sites for hydroxylation is 1. The summed E-state index contributed by atoms with van der Waals surface area (Å²) in [5.41, 5.74) is 2.55. The van der Waals surface area contributed by atoms with Gasteiger partial charge in [0, 0.05) is 18.4 Å². The van der Waals surface area contributed by atoms with Crippen molar-refractivity contribution in [3.63, 3.8) is 0 Å². The van der Waals surface area contributed by atoms with Crippen LogP contribution in [0.2, 0.25) is 0 Å². The summed E-state index contributed by atoms with van der Waals surface area (Å²) in [7, 11) is 0. The van der Waals surface area contributed by atoms with Crippen LogP contribution in [0, 0.1) is 0 Å². The second-order valence-corrected chi connectivity index (χ2v) is 6.48. The fourth-order valence-corrected chi connectivity index (χ4v) is 3.01. The third-order valence-electron chi connectivity index (χ3n) is 4.80. The Morgan fingerprint density at radius 2 is 1.96 bits per heavy atom. The lowest BCUT2D eigenvalue weighted by Gasteiger charge is -2.17. The minimum absolute atomic E-state index is 0.0853. The predicted octanol–water partition coefficient (Wildman–Crippen LogP) is 5.17. The smallest absolute Gasteiger partial charge is 0.291 e. The topological polar surface area (TPSA) is 49.0 Å². The first-order chi connectivity index (χ1) is 13.0. The van der Waals surface area contributed by atoms with E-state index in [2.05, 4.69) is 18.9 Å². The summed E-state index contributed by atoms with van der Waals surface area (Å²) in [4.78, 5) is 13.1. The molecule has 0 unspecified atom stereocenters. The van der Waals surface area contributed by atoms with E-state index in [9.17, 15) is 4.79 Å². The maximum Gasteiger partial charge on any atom is 0.291 e. The van der Waals surface area contributed by atoms with E-state index in [1.807, 2.05) is 68.8 Å². The molecule has 0 aliphatic carbocycles. The van der Waals surface area contributed by atoms with Gasteiger partial charge in [-0.3, -0.25) is 4.79 Å². The van der Waals surface area contributed by atoms with Gasteiger partial charge in [-0.15, -0.1) is 5.10 Å². The Morgan fingerprint density at radius 1 is 1.26 bits per heavy atom. The largest absolute Gasteiger partial charge is 0.473 e. The third-order valence-corrected chi connectivity index (χ3v) is 4.80. The SMILES string of the molecule is C\C=C(C)/C(=C\C=C\C)n1ccc2c(OC(CC)CC)nn(CC)c(=O)c21. The summed E-state index contributed by atoms with van der Waals surface area (Å²) in [6.45, 7) is 12.6. The summed E-state index contributed by atoms with van der Waals surface area (Å²) >= 11 is 0. The van der Waals surface area contributed by atoms with Gasteiger partial charge in [0.25, 0.3) is 5.56 Å². The van der Waals surface area contributed by atoms with Crippen LogP contribution in [0.4, 0.5) is 0 Å². The molecule has 0 saturated heterocycles. The second kappa shape index (κ2) is 9.40. The Balaban J connectivity index is 2.79. The van der Waals surface area contributed by atoms with Crippen molar-refractivity contribution in [1.29, 1.82) is 0 Å². The summed E-state index contributed by atoms with van der Waals surface area (Å²) in [5, 5.41) is 5.23. The zero-order chi connectivity index (χ0) is 20.0. The van der Waals surface area contributed by atoms with Crippen LogP contribution in [0.1, 0.15) is 54.4 Å². The van der Waals surface area contributed by atoms with Gasteiger partial charge in [-0.05, 0) is 58.3 Å². The first-order valence-corrected chi connectivity index (χ1v) is 9.77. The molecule has 0 amide bonds. The highest BCUT2D eigenvalue weighted by Gasteiger charge is 2.19. The van der Waals surface area contributed by atoms with Crippen LogP contribution in [0.15, 0.2) is 46.9 Å². The van der Waals surface area contributed by atoms with Crippen LogP contribution in [-0.4, -0.2) is 20.5 Å². The van der Waals surface area contributed by atoms with Gasteiger partial charge in [0.1, 0.15) is 11.6 Å². The molecule has 0 aliphatic rings. The standard InChI is InChI=1S/C22H31N3O2/c1-7-12-13-19(16(6)8-2)24-15-14-18-20(24)22(26)25(11-5)23-21(18)27-17(9-3)10-4/h7-8,12-15,17H,9-11H2,1-6H3/b12-7+,16-8-,19-13+. The fraction of sp³-hybridized carbons (Fsp3) is 0.455. The minimum Gasteiger partial charge on any atom is -0.473 e. The van der Waals surface area contributed by atoms with Crippen LogP contribution >= 0.6 is 0 Å². The maximum absolute atomic E-state index is 13.1. The van der Waals surface area contributed by atoms with Gasteiger partial charge in [0.15, 0.2) is 0 Å². The molecule has 0 spiro atoms. The highest BCUT2D eigenvalue weighted by Crippen LogP contribution is 2.28. The third kappa shape index (κ3) is 4.24. The van der Waals surface area contributed by atoms with Gasteiger partial charge in [-0.25, -0.2) is 4.68 Å². The van der Waals surface area contributed by atoms with Crippen molar-refractivity contribution in [2.75, 3.05) is 0 Å². The number of allylic oxidation sites excluding steroid dienone is 6. The number of rotatable bonds is 8. The van der Waals surface area contributed by atoms with E-state index in [1.165, 1.54) is 4.68 Å². The minimum atomic E-state index is -0.107. The fourth-order valence-electron chi connectivity index (χ4n) is 3.01. The molecule has 146 valence electrons. The Hall–Kier alpha value is -2.56. The first kappa shape index (κ1) is 20.7. The van der Waals surface area contributed by atoms with Crippen LogP contribution in [0.25, 0.3) is 16.6 Å². The van der Waals surface area contributed by atoms with E-state index in [1.54, 1.807) is 0 Å². The molecule has 0 atom stereocenters. The molecule has 0 N–H and O–H groups in total. The van der Waals surface area contributed by atoms with E-state index in [0.717, 1.165) is 29.5 Å². The molecule has 0 fully saturated rings. The lowest BCUT2D eigenvalue weighted by atomic mass is 10.2. The molecular weight excluding hydrogens is 338 g/mol. The lowest BCUT2D eigenvalue weighted by Crippen LogP contribution is -2.26. The van der Waals surface area contributed by atoms with Crippen LogP contribution in [-0.2, 0) is 6.54 Å². The maximum atomic E-state index is 13.1. The summed E-state index contributed by atoms with van der Waals surface area (Å²) < 4.78 is 9.58. The Bertz CT molecular complexity index is 925. The molecular formula is C22H31N3O2. The van der Waals surface area contributed by atoms with E-state index in [4.69, 9.17) is 4.74 Å². The monoisotopic (exact) mass is 369 g/mol. The van der Waals surface area contributed by atoms with E-state index in [-0.39, 0.29) is 11.7 Å². The Morgan fingerprint density at radius 3 is 2.52 bits per heavy atom. The van der Waals surface area contributed by atoms with Gasteiger partial charge in [0.2, 0.25) is 5.88 Å². The highest BCUT2D eigenvalue weighted by molar-refractivity contribution is 5.88. The Kier molecular flexibility index (Phi) is 7.22. The summed E-state index contributed by atoms with van der Waals surface area (Å²) in [6.07, 6.45) is 11.8. The number of ether oxygens (including phenoxy) is 1. The summed E-state index contributed by atoms with van der Waals surface area (Å²) in [5.74, 6) is 0.530. The summed E-state index contributed by atoms with van der Waals surface area (Å²) in [6, 6.07) is 1.92. The lowest BCUT2D eigenvalue weighted by molar-refractivity contribution is 0.183. The van der Waals surface area contributed by atoms with Crippen molar-refractivity contribution in [3.8, 4) is 5.88 Å². The normalized spacial score (nSPS) is 13.3. The van der Waals surface area contributed by atoms with Gasteiger partial charge < -0.3 is 9.30 Å².